The van der Waals surface area contributed by atoms with Crippen LogP contribution in [0.5, 0.6) is 11.5 Å². The van der Waals surface area contributed by atoms with E-state index in [4.69, 9.17) is 18.9 Å². The summed E-state index contributed by atoms with van der Waals surface area (Å²) < 4.78 is 21.1. The molecular formula is C20H28O8. The Balaban J connectivity index is 3.59. The quantitative estimate of drug-likeness (QED) is 0.326. The summed E-state index contributed by atoms with van der Waals surface area (Å²) in [5, 5.41) is 9.63. The first-order chi connectivity index (χ1) is 13.4. The summed E-state index contributed by atoms with van der Waals surface area (Å²) in [6, 6.07) is 2.69. The zero-order chi connectivity index (χ0) is 21.1. The van der Waals surface area contributed by atoms with E-state index in [1.807, 2.05) is 6.92 Å². The number of methoxy groups -OCH3 is 1. The Bertz CT molecular complexity index is 665. The minimum atomic E-state index is -1.60. The van der Waals surface area contributed by atoms with Gasteiger partial charge in [0, 0.05) is 5.56 Å². The molecule has 8 nitrogen and oxygen atoms in total. The van der Waals surface area contributed by atoms with Crippen molar-refractivity contribution in [2.24, 2.45) is 0 Å². The fourth-order valence-electron chi connectivity index (χ4n) is 2.67. The highest BCUT2D eigenvalue weighted by Crippen LogP contribution is 2.40. The molecule has 28 heavy (non-hydrogen) atoms. The molecule has 0 unspecified atom stereocenters. The van der Waals surface area contributed by atoms with Gasteiger partial charge in [-0.2, -0.15) is 0 Å². The molecule has 1 N–H and O–H groups in total. The van der Waals surface area contributed by atoms with Gasteiger partial charge in [0.15, 0.2) is 17.4 Å². The highest BCUT2D eigenvalue weighted by Gasteiger charge is 2.38. The van der Waals surface area contributed by atoms with Crippen LogP contribution in [0.1, 0.15) is 61.9 Å². The zero-order valence-electron chi connectivity index (χ0n) is 16.8. The number of benzene rings is 1. The average molecular weight is 396 g/mol. The van der Waals surface area contributed by atoms with E-state index < -0.39 is 23.8 Å². The van der Waals surface area contributed by atoms with Crippen molar-refractivity contribution < 1.29 is 38.4 Å². The molecular weight excluding hydrogens is 368 g/mol. The topological polar surface area (TPSA) is 108 Å². The molecule has 0 radical (unpaired) electrons. The maximum absolute atomic E-state index is 12.6. The van der Waals surface area contributed by atoms with Gasteiger partial charge in [-0.1, -0.05) is 19.8 Å². The fourth-order valence-corrected chi connectivity index (χ4v) is 2.67. The van der Waals surface area contributed by atoms with E-state index >= 15 is 0 Å². The van der Waals surface area contributed by atoms with Gasteiger partial charge < -0.3 is 24.1 Å². The Morgan fingerprint density at radius 3 is 2.07 bits per heavy atom. The Morgan fingerprint density at radius 1 is 1.00 bits per heavy atom. The van der Waals surface area contributed by atoms with Gasteiger partial charge in [-0.05, 0) is 32.4 Å². The molecule has 0 aliphatic heterocycles. The second-order valence-corrected chi connectivity index (χ2v) is 5.86. The maximum atomic E-state index is 12.6. The number of carbonyl (C=O) groups is 3. The lowest BCUT2D eigenvalue weighted by Crippen LogP contribution is -2.28. The monoisotopic (exact) mass is 396 g/mol. The van der Waals surface area contributed by atoms with E-state index in [1.54, 1.807) is 13.8 Å². The minimum absolute atomic E-state index is 0.0216. The van der Waals surface area contributed by atoms with Crippen LogP contribution in [0.3, 0.4) is 0 Å². The number of aromatic carboxylic acids is 1. The third-order valence-corrected chi connectivity index (χ3v) is 3.94. The van der Waals surface area contributed by atoms with E-state index in [2.05, 4.69) is 0 Å². The van der Waals surface area contributed by atoms with Crippen molar-refractivity contribution in [2.75, 3.05) is 26.9 Å². The van der Waals surface area contributed by atoms with Gasteiger partial charge in [-0.3, -0.25) is 9.59 Å². The molecule has 0 saturated carbocycles. The highest BCUT2D eigenvalue weighted by molar-refractivity contribution is 6.05. The SMILES string of the molecule is CCCCCOc1c(OC)ccc(C(=O)O)c1C(C(=O)OCC)C(=O)OCC. The van der Waals surface area contributed by atoms with Gasteiger partial charge in [-0.25, -0.2) is 4.79 Å². The van der Waals surface area contributed by atoms with Crippen molar-refractivity contribution >= 4 is 17.9 Å². The molecule has 0 amide bonds. The number of rotatable bonds is 12. The number of unbranched alkanes of at least 4 members (excludes halogenated alkanes) is 2. The minimum Gasteiger partial charge on any atom is -0.493 e. The largest absolute Gasteiger partial charge is 0.493 e. The summed E-state index contributed by atoms with van der Waals surface area (Å²) in [5.74, 6) is -4.47. The van der Waals surface area contributed by atoms with Crippen LogP contribution in [0, 0.1) is 0 Å². The predicted molar refractivity (Wildman–Crippen MR) is 101 cm³/mol. The number of carboxylic acid groups (broad SMARTS) is 1. The Labute approximate surface area is 164 Å². The smallest absolute Gasteiger partial charge is 0.336 e. The van der Waals surface area contributed by atoms with E-state index in [0.717, 1.165) is 19.3 Å². The Kier molecular flexibility index (Phi) is 9.84. The highest BCUT2D eigenvalue weighted by atomic mass is 16.6. The van der Waals surface area contributed by atoms with Crippen LogP contribution in [-0.2, 0) is 19.1 Å². The molecule has 0 aliphatic carbocycles. The van der Waals surface area contributed by atoms with Gasteiger partial charge in [0.1, 0.15) is 0 Å². The third kappa shape index (κ3) is 5.87. The molecule has 1 aromatic carbocycles. The van der Waals surface area contributed by atoms with Gasteiger partial charge in [0.25, 0.3) is 0 Å². The standard InChI is InChI=1S/C20H28O8/c1-5-8-9-12-28-17-14(25-4)11-10-13(18(21)22)15(17)16(19(23)26-6-2)20(24)27-7-3/h10-11,16H,5-9,12H2,1-4H3,(H,21,22). The van der Waals surface area contributed by atoms with Crippen LogP contribution in [0.4, 0.5) is 0 Å². The summed E-state index contributed by atoms with van der Waals surface area (Å²) >= 11 is 0. The molecule has 0 bridgehead atoms. The second kappa shape index (κ2) is 11.8. The van der Waals surface area contributed by atoms with Crippen molar-refractivity contribution in [2.45, 2.75) is 46.0 Å². The number of ether oxygens (including phenoxy) is 4. The van der Waals surface area contributed by atoms with Crippen LogP contribution < -0.4 is 9.47 Å². The van der Waals surface area contributed by atoms with Crippen molar-refractivity contribution in [1.82, 2.24) is 0 Å². The van der Waals surface area contributed by atoms with Crippen LogP contribution in [-0.4, -0.2) is 49.9 Å². The fraction of sp³-hybridized carbons (Fsp3) is 0.550. The molecule has 0 spiro atoms. The molecule has 0 aromatic heterocycles. The molecule has 0 fully saturated rings. The summed E-state index contributed by atoms with van der Waals surface area (Å²) in [4.78, 5) is 36.9. The summed E-state index contributed by atoms with van der Waals surface area (Å²) in [6.45, 7) is 5.53. The van der Waals surface area contributed by atoms with Gasteiger partial charge >= 0.3 is 17.9 Å². The number of carbonyl (C=O) groups excluding carboxylic acids is 2. The van der Waals surface area contributed by atoms with Crippen LogP contribution >= 0.6 is 0 Å². The van der Waals surface area contributed by atoms with Crippen LogP contribution in [0.25, 0.3) is 0 Å². The number of hydrogen-bond acceptors (Lipinski definition) is 7. The molecule has 0 atom stereocenters. The van der Waals surface area contributed by atoms with E-state index in [0.29, 0.717) is 0 Å². The third-order valence-electron chi connectivity index (χ3n) is 3.94. The summed E-state index contributed by atoms with van der Waals surface area (Å²) in [5.41, 5.74) is -0.377. The zero-order valence-corrected chi connectivity index (χ0v) is 16.8. The molecule has 0 heterocycles. The van der Waals surface area contributed by atoms with Crippen LogP contribution in [0.15, 0.2) is 12.1 Å². The lowest BCUT2D eigenvalue weighted by atomic mass is 9.92. The predicted octanol–water partition coefficient (Wildman–Crippen LogP) is 3.17. The first-order valence-electron chi connectivity index (χ1n) is 9.32. The van der Waals surface area contributed by atoms with Gasteiger partial charge in [0.2, 0.25) is 0 Å². The molecule has 1 rings (SSSR count). The van der Waals surface area contributed by atoms with Crippen molar-refractivity contribution in [3.63, 3.8) is 0 Å². The van der Waals surface area contributed by atoms with Crippen LogP contribution in [0.2, 0.25) is 0 Å². The molecule has 8 heteroatoms. The number of esters is 2. The summed E-state index contributed by atoms with van der Waals surface area (Å²) in [7, 11) is 1.39. The second-order valence-electron chi connectivity index (χ2n) is 5.86. The Hall–Kier alpha value is -2.77. The van der Waals surface area contributed by atoms with E-state index in [-0.39, 0.29) is 42.4 Å². The molecule has 0 saturated heterocycles. The Morgan fingerprint density at radius 2 is 1.61 bits per heavy atom. The summed E-state index contributed by atoms with van der Waals surface area (Å²) in [6.07, 6.45) is 2.60. The van der Waals surface area contributed by atoms with E-state index in [1.165, 1.54) is 19.2 Å². The molecule has 1 aromatic rings. The van der Waals surface area contributed by atoms with Gasteiger partial charge in [-0.15, -0.1) is 0 Å². The normalized spacial score (nSPS) is 10.5. The maximum Gasteiger partial charge on any atom is 0.336 e. The molecule has 0 aliphatic rings. The van der Waals surface area contributed by atoms with Crippen molar-refractivity contribution in [1.29, 1.82) is 0 Å². The lowest BCUT2D eigenvalue weighted by molar-refractivity contribution is -0.157. The number of hydrogen-bond donors (Lipinski definition) is 1. The first kappa shape index (κ1) is 23.3. The molecule has 156 valence electrons. The number of carboxylic acids is 1. The van der Waals surface area contributed by atoms with Crippen molar-refractivity contribution in [3.05, 3.63) is 23.3 Å². The van der Waals surface area contributed by atoms with E-state index in [9.17, 15) is 19.5 Å². The average Bonchev–Trinajstić information content (AvgIpc) is 2.66. The van der Waals surface area contributed by atoms with Gasteiger partial charge in [0.05, 0.1) is 32.5 Å². The first-order valence-corrected chi connectivity index (χ1v) is 9.32. The lowest BCUT2D eigenvalue weighted by Gasteiger charge is -2.22. The van der Waals surface area contributed by atoms with Crippen molar-refractivity contribution in [3.8, 4) is 11.5 Å².